The lowest BCUT2D eigenvalue weighted by molar-refractivity contribution is -0.137. The van der Waals surface area contributed by atoms with E-state index in [4.69, 9.17) is 4.74 Å². The van der Waals surface area contributed by atoms with E-state index in [0.717, 1.165) is 41.7 Å². The molecule has 0 aliphatic carbocycles. The zero-order valence-corrected chi connectivity index (χ0v) is 16.2. The van der Waals surface area contributed by atoms with Gasteiger partial charge in [-0.05, 0) is 60.8 Å². The van der Waals surface area contributed by atoms with Gasteiger partial charge in [-0.25, -0.2) is 4.99 Å². The SMILES string of the molecule is C/C(=N\C(=O)c1ccc2c(Oc3ccc(C(F)(F)F)cc3)cccc2c1)C1CNC1. The maximum Gasteiger partial charge on any atom is 0.416 e. The van der Waals surface area contributed by atoms with Crippen molar-refractivity contribution in [1.82, 2.24) is 5.32 Å². The number of rotatable bonds is 4. The third kappa shape index (κ3) is 4.21. The standard InChI is InChI=1S/C23H19F3N2O2/c1-14(17-12-27-13-17)28-22(29)16-5-10-20-15(11-16)3-2-4-21(20)30-19-8-6-18(7-9-19)23(24,25)26/h2-11,17,27H,12-13H2,1H3/b28-14+. The fourth-order valence-corrected chi connectivity index (χ4v) is 3.22. The first-order valence-electron chi connectivity index (χ1n) is 9.49. The molecule has 154 valence electrons. The van der Waals surface area contributed by atoms with Gasteiger partial charge >= 0.3 is 6.18 Å². The number of nitrogens with zero attached hydrogens (tertiary/aromatic N) is 1. The number of fused-ring (bicyclic) bond motifs is 1. The Morgan fingerprint density at radius 1 is 1.07 bits per heavy atom. The highest BCUT2D eigenvalue weighted by Crippen LogP contribution is 2.33. The fraction of sp³-hybridized carbons (Fsp3) is 0.217. The van der Waals surface area contributed by atoms with Crippen LogP contribution in [0, 0.1) is 5.92 Å². The van der Waals surface area contributed by atoms with Gasteiger partial charge in [0.05, 0.1) is 5.56 Å². The highest BCUT2D eigenvalue weighted by Gasteiger charge is 2.30. The maximum absolute atomic E-state index is 12.7. The molecule has 1 fully saturated rings. The zero-order chi connectivity index (χ0) is 21.3. The van der Waals surface area contributed by atoms with E-state index in [9.17, 15) is 18.0 Å². The number of hydrogen-bond donors (Lipinski definition) is 1. The second-order valence-corrected chi connectivity index (χ2v) is 7.23. The summed E-state index contributed by atoms with van der Waals surface area (Å²) in [5, 5.41) is 4.68. The molecule has 1 aliphatic rings. The molecule has 0 atom stereocenters. The summed E-state index contributed by atoms with van der Waals surface area (Å²) < 4.78 is 44.0. The molecule has 1 N–H and O–H groups in total. The molecule has 3 aromatic rings. The first kappa shape index (κ1) is 20.1. The van der Waals surface area contributed by atoms with Crippen LogP contribution in [0.2, 0.25) is 0 Å². The lowest BCUT2D eigenvalue weighted by Gasteiger charge is -2.26. The lowest BCUT2D eigenvalue weighted by Crippen LogP contribution is -2.45. The third-order valence-corrected chi connectivity index (χ3v) is 5.15. The molecule has 4 rings (SSSR count). The van der Waals surface area contributed by atoms with Gasteiger partial charge in [0.1, 0.15) is 11.5 Å². The van der Waals surface area contributed by atoms with Crippen molar-refractivity contribution in [3.63, 3.8) is 0 Å². The first-order chi connectivity index (χ1) is 14.3. The Kier molecular flexibility index (Phi) is 5.30. The Hall–Kier alpha value is -3.19. The molecule has 0 unspecified atom stereocenters. The second-order valence-electron chi connectivity index (χ2n) is 7.23. The Morgan fingerprint density at radius 2 is 1.80 bits per heavy atom. The minimum atomic E-state index is -4.39. The number of amides is 1. The molecule has 4 nitrogen and oxygen atoms in total. The van der Waals surface area contributed by atoms with Crippen LogP contribution < -0.4 is 10.1 Å². The van der Waals surface area contributed by atoms with Crippen molar-refractivity contribution < 1.29 is 22.7 Å². The molecular weight excluding hydrogens is 393 g/mol. The Balaban J connectivity index is 1.57. The quantitative estimate of drug-likeness (QED) is 0.578. The van der Waals surface area contributed by atoms with Crippen molar-refractivity contribution in [1.29, 1.82) is 0 Å². The predicted molar refractivity (Wildman–Crippen MR) is 109 cm³/mol. The van der Waals surface area contributed by atoms with E-state index in [1.165, 1.54) is 12.1 Å². The van der Waals surface area contributed by atoms with Crippen molar-refractivity contribution in [2.75, 3.05) is 13.1 Å². The van der Waals surface area contributed by atoms with Crippen molar-refractivity contribution in [3.05, 3.63) is 71.8 Å². The van der Waals surface area contributed by atoms with Gasteiger partial charge in [0.25, 0.3) is 5.91 Å². The van der Waals surface area contributed by atoms with Crippen LogP contribution in [-0.2, 0) is 6.18 Å². The van der Waals surface area contributed by atoms with E-state index in [-0.39, 0.29) is 5.91 Å². The molecular formula is C23H19F3N2O2. The van der Waals surface area contributed by atoms with Crippen LogP contribution in [0.5, 0.6) is 11.5 Å². The number of carbonyl (C=O) groups excluding carboxylic acids is 1. The molecule has 1 aliphatic heterocycles. The van der Waals surface area contributed by atoms with Gasteiger partial charge in [-0.3, -0.25) is 4.79 Å². The number of alkyl halides is 3. The third-order valence-electron chi connectivity index (χ3n) is 5.15. The van der Waals surface area contributed by atoms with Crippen LogP contribution in [0.3, 0.4) is 0 Å². The predicted octanol–water partition coefficient (Wildman–Crippen LogP) is 5.47. The Bertz CT molecular complexity index is 1120. The molecule has 1 saturated heterocycles. The number of halogens is 3. The van der Waals surface area contributed by atoms with Crippen LogP contribution in [0.4, 0.5) is 13.2 Å². The smallest absolute Gasteiger partial charge is 0.416 e. The molecule has 1 amide bonds. The van der Waals surface area contributed by atoms with Crippen LogP contribution in [-0.4, -0.2) is 24.7 Å². The van der Waals surface area contributed by atoms with Crippen LogP contribution >= 0.6 is 0 Å². The van der Waals surface area contributed by atoms with E-state index in [0.29, 0.717) is 23.0 Å². The van der Waals surface area contributed by atoms with Crippen LogP contribution in [0.1, 0.15) is 22.8 Å². The van der Waals surface area contributed by atoms with Crippen molar-refractivity contribution >= 4 is 22.4 Å². The zero-order valence-electron chi connectivity index (χ0n) is 16.2. The van der Waals surface area contributed by atoms with E-state index < -0.39 is 11.7 Å². The summed E-state index contributed by atoms with van der Waals surface area (Å²) in [6, 6.07) is 15.1. The Labute approximate surface area is 171 Å². The second kappa shape index (κ2) is 7.91. The van der Waals surface area contributed by atoms with Crippen molar-refractivity contribution in [3.8, 4) is 11.5 Å². The van der Waals surface area contributed by atoms with E-state index >= 15 is 0 Å². The summed E-state index contributed by atoms with van der Waals surface area (Å²) in [6.07, 6.45) is -4.39. The summed E-state index contributed by atoms with van der Waals surface area (Å²) in [5.74, 6) is 0.796. The van der Waals surface area contributed by atoms with Gasteiger partial charge in [-0.2, -0.15) is 13.2 Å². The fourth-order valence-electron chi connectivity index (χ4n) is 3.22. The average molecular weight is 412 g/mol. The van der Waals surface area contributed by atoms with E-state index in [1.807, 2.05) is 13.0 Å². The number of hydrogen-bond acceptors (Lipinski definition) is 3. The van der Waals surface area contributed by atoms with Gasteiger partial charge < -0.3 is 10.1 Å². The van der Waals surface area contributed by atoms with E-state index in [2.05, 4.69) is 10.3 Å². The topological polar surface area (TPSA) is 50.7 Å². The van der Waals surface area contributed by atoms with E-state index in [1.54, 1.807) is 30.3 Å². The average Bonchev–Trinajstić information content (AvgIpc) is 2.66. The minimum Gasteiger partial charge on any atom is -0.457 e. The minimum absolute atomic E-state index is 0.296. The summed E-state index contributed by atoms with van der Waals surface area (Å²) in [4.78, 5) is 16.7. The van der Waals surface area contributed by atoms with Crippen LogP contribution in [0.25, 0.3) is 10.8 Å². The highest BCUT2D eigenvalue weighted by atomic mass is 19.4. The highest BCUT2D eigenvalue weighted by molar-refractivity contribution is 6.06. The summed E-state index contributed by atoms with van der Waals surface area (Å²) in [6.45, 7) is 3.54. The first-order valence-corrected chi connectivity index (χ1v) is 9.49. The van der Waals surface area contributed by atoms with Gasteiger partial charge in [0.15, 0.2) is 0 Å². The van der Waals surface area contributed by atoms with Gasteiger partial charge in [0.2, 0.25) is 0 Å². The monoisotopic (exact) mass is 412 g/mol. The molecule has 7 heteroatoms. The normalized spacial score (nSPS) is 15.1. The summed E-state index contributed by atoms with van der Waals surface area (Å²) in [7, 11) is 0. The summed E-state index contributed by atoms with van der Waals surface area (Å²) >= 11 is 0. The molecule has 1 heterocycles. The van der Waals surface area contributed by atoms with Gasteiger partial charge in [-0.15, -0.1) is 0 Å². The largest absolute Gasteiger partial charge is 0.457 e. The molecule has 30 heavy (non-hydrogen) atoms. The lowest BCUT2D eigenvalue weighted by atomic mass is 9.98. The number of nitrogens with one attached hydrogen (secondary N) is 1. The molecule has 0 spiro atoms. The number of aliphatic imine (C=N–C) groups is 1. The maximum atomic E-state index is 12.7. The van der Waals surface area contributed by atoms with Crippen LogP contribution in [0.15, 0.2) is 65.7 Å². The van der Waals surface area contributed by atoms with Gasteiger partial charge in [0, 0.05) is 35.7 Å². The number of benzene rings is 3. The number of carbonyl (C=O) groups is 1. The molecule has 0 bridgehead atoms. The van der Waals surface area contributed by atoms with Gasteiger partial charge in [-0.1, -0.05) is 12.1 Å². The number of ether oxygens (including phenoxy) is 1. The molecule has 0 saturated carbocycles. The molecule has 0 aromatic heterocycles. The molecule has 0 radical (unpaired) electrons. The van der Waals surface area contributed by atoms with Crippen molar-refractivity contribution in [2.45, 2.75) is 13.1 Å². The Morgan fingerprint density at radius 3 is 2.43 bits per heavy atom. The molecule has 3 aromatic carbocycles. The summed E-state index contributed by atoms with van der Waals surface area (Å²) in [5.41, 5.74) is 0.559. The van der Waals surface area contributed by atoms with Crippen molar-refractivity contribution in [2.24, 2.45) is 10.9 Å².